The van der Waals surface area contributed by atoms with Crippen LogP contribution in [0.1, 0.15) is 64.5 Å². The molecule has 5 amide bonds. The first kappa shape index (κ1) is 37.3. The molecule has 0 radical (unpaired) electrons. The first-order valence-electron chi connectivity index (χ1n) is 18.1. The van der Waals surface area contributed by atoms with Crippen LogP contribution in [0.25, 0.3) is 5.76 Å². The van der Waals surface area contributed by atoms with E-state index in [0.717, 1.165) is 9.80 Å². The topological polar surface area (TPSA) is 225 Å². The Morgan fingerprint density at radius 2 is 1.35 bits per heavy atom. The zero-order valence-electron chi connectivity index (χ0n) is 31.2. The van der Waals surface area contributed by atoms with Crippen molar-refractivity contribution in [3.8, 4) is 5.75 Å². The summed E-state index contributed by atoms with van der Waals surface area (Å²) >= 11 is 0. The Morgan fingerprint density at radius 1 is 0.825 bits per heavy atom. The van der Waals surface area contributed by atoms with Gasteiger partial charge in [0, 0.05) is 36.8 Å². The molecule has 3 unspecified atom stereocenters. The number of Topliss-reactive ketones (excluding diaryl/α,β-unsaturated/α-hetero) is 2. The van der Waals surface area contributed by atoms with E-state index in [-0.39, 0.29) is 58.3 Å². The van der Waals surface area contributed by atoms with E-state index < -0.39 is 94.1 Å². The number of fused-ring (bicyclic) bond motifs is 5. The van der Waals surface area contributed by atoms with E-state index in [1.807, 2.05) is 0 Å². The molecule has 2 heterocycles. The van der Waals surface area contributed by atoms with E-state index in [1.54, 1.807) is 49.3 Å². The van der Waals surface area contributed by atoms with Gasteiger partial charge >= 0.3 is 0 Å². The lowest BCUT2D eigenvalue weighted by molar-refractivity contribution is -0.153. The highest BCUT2D eigenvalue weighted by molar-refractivity contribution is 6.26. The summed E-state index contributed by atoms with van der Waals surface area (Å²) < 4.78 is 0. The van der Waals surface area contributed by atoms with Crippen molar-refractivity contribution in [2.75, 3.05) is 39.8 Å². The Bertz CT molecular complexity index is 2420. The number of nitrogens with zero attached hydrogens (tertiary/aromatic N) is 4. The van der Waals surface area contributed by atoms with Crippen LogP contribution in [0, 0.1) is 11.8 Å². The maximum Gasteiger partial charge on any atom is 0.263 e. The summed E-state index contributed by atoms with van der Waals surface area (Å²) in [7, 11) is 6.43. The van der Waals surface area contributed by atoms with Gasteiger partial charge in [-0.3, -0.25) is 48.3 Å². The van der Waals surface area contributed by atoms with Gasteiger partial charge in [-0.15, -0.1) is 0 Å². The fourth-order valence-electron chi connectivity index (χ4n) is 9.02. The molecule has 3 aromatic rings. The van der Waals surface area contributed by atoms with Gasteiger partial charge in [0.2, 0.25) is 5.78 Å². The predicted molar refractivity (Wildman–Crippen MR) is 200 cm³/mol. The number of aromatic hydroxyl groups is 1. The number of amides is 5. The zero-order valence-corrected chi connectivity index (χ0v) is 31.2. The third kappa shape index (κ3) is 5.17. The summed E-state index contributed by atoms with van der Waals surface area (Å²) in [6, 6.07) is 12.6. The third-order valence-corrected chi connectivity index (χ3v) is 11.7. The molecule has 16 heteroatoms. The van der Waals surface area contributed by atoms with Crippen LogP contribution in [0.5, 0.6) is 5.75 Å². The highest BCUT2D eigenvalue weighted by Gasteiger charge is 2.64. The van der Waals surface area contributed by atoms with E-state index in [1.165, 1.54) is 43.3 Å². The summed E-state index contributed by atoms with van der Waals surface area (Å²) in [6.45, 7) is -1.08. The molecule has 8 rings (SSSR count). The Kier molecular flexibility index (Phi) is 8.48. The van der Waals surface area contributed by atoms with Crippen molar-refractivity contribution in [3.05, 3.63) is 110 Å². The fourth-order valence-corrected chi connectivity index (χ4v) is 9.02. The van der Waals surface area contributed by atoms with Crippen LogP contribution in [0.15, 0.2) is 71.5 Å². The molecule has 57 heavy (non-hydrogen) atoms. The second-order valence-electron chi connectivity index (χ2n) is 15.2. The number of rotatable bonds is 7. The molecule has 1 saturated carbocycles. The number of anilines is 1. The Balaban J connectivity index is 1.18. The number of aliphatic hydroxyl groups excluding tert-OH is 2. The van der Waals surface area contributed by atoms with Crippen LogP contribution in [-0.2, 0) is 27.3 Å². The number of phenolic OH excluding ortho intramolecular Hbond substituents is 1. The van der Waals surface area contributed by atoms with Crippen molar-refractivity contribution >= 4 is 52.5 Å². The van der Waals surface area contributed by atoms with Crippen LogP contribution in [0.2, 0.25) is 0 Å². The second kappa shape index (κ2) is 13.0. The Hall–Kier alpha value is -6.65. The molecule has 292 valence electrons. The average molecular weight is 776 g/mol. The molecule has 0 saturated heterocycles. The van der Waals surface area contributed by atoms with Gasteiger partial charge in [-0.05, 0) is 68.8 Å². The van der Waals surface area contributed by atoms with Gasteiger partial charge in [-0.2, -0.15) is 0 Å². The summed E-state index contributed by atoms with van der Waals surface area (Å²) in [5, 5.41) is 50.0. The molecule has 0 spiro atoms. The molecule has 0 aromatic heterocycles. The molecule has 16 nitrogen and oxygen atoms in total. The van der Waals surface area contributed by atoms with Crippen molar-refractivity contribution in [3.63, 3.8) is 0 Å². The molecule has 2 aliphatic heterocycles. The molecule has 4 atom stereocenters. The highest BCUT2D eigenvalue weighted by atomic mass is 16.3. The molecular weight excluding hydrogens is 738 g/mol. The third-order valence-electron chi connectivity index (χ3n) is 11.7. The van der Waals surface area contributed by atoms with E-state index in [4.69, 9.17) is 0 Å². The van der Waals surface area contributed by atoms with Crippen LogP contribution in [0.4, 0.5) is 5.69 Å². The van der Waals surface area contributed by atoms with Crippen molar-refractivity contribution in [1.29, 1.82) is 0 Å². The van der Waals surface area contributed by atoms with Crippen LogP contribution >= 0.6 is 0 Å². The number of carbonyl (C=O) groups excluding carboxylic acids is 7. The standard InChI is InChI=1S/C41H37N5O11/c1-43(2)26-15-19(16-45-37(53)20-9-5-6-10-21(20)38(45)54)31(47)28-24(26)13-18-14-25-30(44(3)4)33(49)29(35(51)41(25,57)34(50)27(18)32(28)48)36(52)42-17-46-39(55)22-11-7-8-12-23(22)40(46)56/h5-12,15,18,25,30,47-48,51,57H,13-14,16-17H2,1-4H3,(H,42,52)/t18?,25?,30-,41?/m0/s1. The maximum absolute atomic E-state index is 14.7. The minimum absolute atomic E-state index is 0.0356. The maximum atomic E-state index is 14.7. The smallest absolute Gasteiger partial charge is 0.263 e. The molecule has 0 bridgehead atoms. The number of carbonyl (C=O) groups is 7. The summed E-state index contributed by atoms with van der Waals surface area (Å²) in [5.74, 6) is -10.6. The van der Waals surface area contributed by atoms with Gasteiger partial charge in [0.1, 0.15) is 29.5 Å². The largest absolute Gasteiger partial charge is 0.508 e. The SMILES string of the molecule is CN(C)c1cc(CN2C(=O)c3ccccc3C2=O)c(O)c2c1CC1CC3[C@H](N(C)C)C(=O)C(C(=O)NCN4C(=O)c5ccccc5C4=O)=C(O)C3(O)C(=O)C1=C2O. The lowest BCUT2D eigenvalue weighted by atomic mass is 9.57. The monoisotopic (exact) mass is 775 g/mol. The molecule has 3 aliphatic carbocycles. The van der Waals surface area contributed by atoms with Crippen molar-refractivity contribution in [2.45, 2.75) is 31.0 Å². The van der Waals surface area contributed by atoms with Crippen LogP contribution < -0.4 is 10.2 Å². The number of ketones is 2. The van der Waals surface area contributed by atoms with Crippen molar-refractivity contribution in [1.82, 2.24) is 20.0 Å². The van der Waals surface area contributed by atoms with E-state index in [0.29, 0.717) is 11.3 Å². The average Bonchev–Trinajstić information content (AvgIpc) is 3.56. The predicted octanol–water partition coefficient (Wildman–Crippen LogP) is 1.71. The number of aliphatic hydroxyl groups is 3. The molecule has 3 aromatic carbocycles. The molecular formula is C41H37N5O11. The number of hydrogen-bond donors (Lipinski definition) is 5. The number of phenols is 1. The number of hydrogen-bond acceptors (Lipinski definition) is 13. The van der Waals surface area contributed by atoms with Crippen molar-refractivity contribution < 1.29 is 54.0 Å². The Morgan fingerprint density at radius 3 is 1.86 bits per heavy atom. The van der Waals surface area contributed by atoms with Gasteiger partial charge in [0.15, 0.2) is 11.4 Å². The number of imide groups is 2. The lowest BCUT2D eigenvalue weighted by Crippen LogP contribution is -2.66. The van der Waals surface area contributed by atoms with Gasteiger partial charge < -0.3 is 30.6 Å². The lowest BCUT2D eigenvalue weighted by Gasteiger charge is -2.50. The normalized spacial score (nSPS) is 23.9. The first-order chi connectivity index (χ1) is 27.0. The highest BCUT2D eigenvalue weighted by Crippen LogP contribution is 2.54. The number of likely N-dealkylation sites (N-methyl/N-ethyl adjacent to an activating group) is 1. The number of benzene rings is 3. The molecule has 1 fully saturated rings. The summed E-state index contributed by atoms with van der Waals surface area (Å²) in [6.07, 6.45) is -0.0953. The van der Waals surface area contributed by atoms with Crippen LogP contribution in [0.3, 0.4) is 0 Å². The summed E-state index contributed by atoms with van der Waals surface area (Å²) in [5.41, 5.74) is -2.80. The minimum Gasteiger partial charge on any atom is -0.508 e. The van der Waals surface area contributed by atoms with Gasteiger partial charge in [0.05, 0.1) is 40.4 Å². The van der Waals surface area contributed by atoms with Crippen LogP contribution in [-0.4, -0.2) is 123 Å². The zero-order chi connectivity index (χ0) is 41.0. The quantitative estimate of drug-likeness (QED) is 0.171. The molecule has 5 N–H and O–H groups in total. The Labute approximate surface area is 324 Å². The fraction of sp³-hybridized carbons (Fsp3) is 0.293. The van der Waals surface area contributed by atoms with E-state index in [9.17, 15) is 54.0 Å². The summed E-state index contributed by atoms with van der Waals surface area (Å²) in [4.78, 5) is 99.6. The van der Waals surface area contributed by atoms with Crippen molar-refractivity contribution in [2.24, 2.45) is 11.8 Å². The van der Waals surface area contributed by atoms with Gasteiger partial charge in [-0.25, -0.2) is 0 Å². The number of nitrogens with one attached hydrogen (secondary N) is 1. The second-order valence-corrected chi connectivity index (χ2v) is 15.2. The van der Waals surface area contributed by atoms with E-state index >= 15 is 0 Å². The molecule has 5 aliphatic rings. The van der Waals surface area contributed by atoms with Gasteiger partial charge in [0.25, 0.3) is 29.5 Å². The van der Waals surface area contributed by atoms with Gasteiger partial charge in [-0.1, -0.05) is 24.3 Å². The van der Waals surface area contributed by atoms with E-state index in [2.05, 4.69) is 5.32 Å². The minimum atomic E-state index is -2.92. The first-order valence-corrected chi connectivity index (χ1v) is 18.1.